The van der Waals surface area contributed by atoms with Gasteiger partial charge in [0.15, 0.2) is 0 Å². The number of aryl methyl sites for hydroxylation is 1. The van der Waals surface area contributed by atoms with Gasteiger partial charge in [0.2, 0.25) is 0 Å². The van der Waals surface area contributed by atoms with Crippen LogP contribution in [-0.4, -0.2) is 19.6 Å². The molecular formula is C16H16N2O2S. The Balaban J connectivity index is 2.17. The van der Waals surface area contributed by atoms with Crippen molar-refractivity contribution in [1.82, 2.24) is 0 Å². The summed E-state index contributed by atoms with van der Waals surface area (Å²) in [5.41, 5.74) is 7.99. The lowest BCUT2D eigenvalue weighted by atomic mass is 10.1. The lowest BCUT2D eigenvalue weighted by molar-refractivity contribution is 0.102. The molecule has 0 saturated carbocycles. The van der Waals surface area contributed by atoms with Crippen molar-refractivity contribution < 1.29 is 9.53 Å². The molecule has 1 amide bonds. The van der Waals surface area contributed by atoms with Crippen LogP contribution < -0.4 is 15.8 Å². The first kappa shape index (κ1) is 15.1. The molecule has 0 saturated heterocycles. The van der Waals surface area contributed by atoms with Gasteiger partial charge in [0, 0.05) is 11.3 Å². The zero-order chi connectivity index (χ0) is 15.2. The topological polar surface area (TPSA) is 64.3 Å². The fourth-order valence-corrected chi connectivity index (χ4v) is 2.59. The number of ether oxygens (including phenoxy) is 1. The van der Waals surface area contributed by atoms with E-state index in [2.05, 4.69) is 17.2 Å². The van der Waals surface area contributed by atoms with Crippen molar-refractivity contribution >= 4 is 22.9 Å². The lowest BCUT2D eigenvalue weighted by Gasteiger charge is -2.07. The highest BCUT2D eigenvalue weighted by molar-refractivity contribution is 7.12. The van der Waals surface area contributed by atoms with E-state index in [1.807, 2.05) is 30.5 Å². The molecule has 21 heavy (non-hydrogen) atoms. The van der Waals surface area contributed by atoms with E-state index in [4.69, 9.17) is 10.5 Å². The number of rotatable bonds is 3. The molecule has 1 aromatic heterocycles. The van der Waals surface area contributed by atoms with Crippen LogP contribution in [0.25, 0.3) is 0 Å². The third-order valence-corrected chi connectivity index (χ3v) is 3.76. The number of methoxy groups -OCH3 is 1. The van der Waals surface area contributed by atoms with Gasteiger partial charge in [-0.15, -0.1) is 11.3 Å². The summed E-state index contributed by atoms with van der Waals surface area (Å²) in [4.78, 5) is 12.8. The van der Waals surface area contributed by atoms with Gasteiger partial charge in [0.1, 0.15) is 10.6 Å². The number of benzene rings is 1. The van der Waals surface area contributed by atoms with Gasteiger partial charge in [-0.3, -0.25) is 4.79 Å². The average molecular weight is 300 g/mol. The summed E-state index contributed by atoms with van der Waals surface area (Å²) in [6.45, 7) is 2.28. The molecule has 5 heteroatoms. The van der Waals surface area contributed by atoms with Crippen molar-refractivity contribution in [1.29, 1.82) is 0 Å². The molecule has 0 unspecified atom stereocenters. The Morgan fingerprint density at radius 2 is 2.24 bits per heavy atom. The standard InChI is InChI=1S/C16H16N2O2S/c1-11-10-13(6-5-12(11)4-3-8-17)18-16(19)15-14(20-2)7-9-21-15/h5-7,9-10H,8,17H2,1-2H3,(H,18,19). The summed E-state index contributed by atoms with van der Waals surface area (Å²) in [5, 5.41) is 4.69. The molecule has 2 rings (SSSR count). The van der Waals surface area contributed by atoms with E-state index in [9.17, 15) is 4.79 Å². The monoisotopic (exact) mass is 300 g/mol. The number of hydrogen-bond acceptors (Lipinski definition) is 4. The van der Waals surface area contributed by atoms with Crippen LogP contribution >= 0.6 is 11.3 Å². The molecule has 1 aromatic carbocycles. The van der Waals surface area contributed by atoms with Crippen molar-refractivity contribution in [2.75, 3.05) is 19.0 Å². The van der Waals surface area contributed by atoms with E-state index in [1.165, 1.54) is 11.3 Å². The minimum atomic E-state index is -0.179. The van der Waals surface area contributed by atoms with Gasteiger partial charge < -0.3 is 15.8 Å². The first-order valence-electron chi connectivity index (χ1n) is 6.38. The van der Waals surface area contributed by atoms with E-state index in [0.717, 1.165) is 16.8 Å². The largest absolute Gasteiger partial charge is 0.495 e. The van der Waals surface area contributed by atoms with Gasteiger partial charge in [-0.25, -0.2) is 0 Å². The van der Waals surface area contributed by atoms with Crippen molar-refractivity contribution in [2.24, 2.45) is 5.73 Å². The van der Waals surface area contributed by atoms with Gasteiger partial charge in [-0.2, -0.15) is 0 Å². The minimum absolute atomic E-state index is 0.179. The second-order valence-electron chi connectivity index (χ2n) is 4.31. The predicted molar refractivity (Wildman–Crippen MR) is 85.9 cm³/mol. The molecule has 0 aliphatic carbocycles. The molecule has 0 fully saturated rings. The van der Waals surface area contributed by atoms with E-state index in [1.54, 1.807) is 13.2 Å². The van der Waals surface area contributed by atoms with E-state index >= 15 is 0 Å². The van der Waals surface area contributed by atoms with E-state index in [-0.39, 0.29) is 5.91 Å². The number of carbonyl (C=O) groups is 1. The molecule has 108 valence electrons. The van der Waals surface area contributed by atoms with Gasteiger partial charge in [-0.1, -0.05) is 11.8 Å². The second kappa shape index (κ2) is 6.93. The Hall–Kier alpha value is -2.29. The zero-order valence-corrected chi connectivity index (χ0v) is 12.7. The van der Waals surface area contributed by atoms with Crippen molar-refractivity contribution in [3.63, 3.8) is 0 Å². The molecule has 1 heterocycles. The Kier molecular flexibility index (Phi) is 4.99. The Morgan fingerprint density at radius 1 is 1.43 bits per heavy atom. The Morgan fingerprint density at radius 3 is 2.90 bits per heavy atom. The van der Waals surface area contributed by atoms with Crippen molar-refractivity contribution in [3.8, 4) is 17.6 Å². The van der Waals surface area contributed by atoms with Crippen molar-refractivity contribution in [2.45, 2.75) is 6.92 Å². The molecule has 2 aromatic rings. The summed E-state index contributed by atoms with van der Waals surface area (Å²) in [6, 6.07) is 7.36. The number of hydrogen-bond donors (Lipinski definition) is 2. The summed E-state index contributed by atoms with van der Waals surface area (Å²) in [5.74, 6) is 6.22. The summed E-state index contributed by atoms with van der Waals surface area (Å²) in [7, 11) is 1.55. The minimum Gasteiger partial charge on any atom is -0.495 e. The fourth-order valence-electron chi connectivity index (χ4n) is 1.84. The summed E-state index contributed by atoms with van der Waals surface area (Å²) in [6.07, 6.45) is 0. The Labute approximate surface area is 127 Å². The van der Waals surface area contributed by atoms with Crippen LogP contribution in [0.1, 0.15) is 20.8 Å². The number of carbonyl (C=O) groups excluding carboxylic acids is 1. The molecule has 0 aliphatic rings. The van der Waals surface area contributed by atoms with Gasteiger partial charge in [0.25, 0.3) is 5.91 Å². The van der Waals surface area contributed by atoms with Gasteiger partial charge in [0.05, 0.1) is 13.7 Å². The van der Waals surface area contributed by atoms with Crippen LogP contribution in [0.4, 0.5) is 5.69 Å². The molecule has 0 atom stereocenters. The lowest BCUT2D eigenvalue weighted by Crippen LogP contribution is -2.11. The normalized spacial score (nSPS) is 9.67. The molecule has 3 N–H and O–H groups in total. The van der Waals surface area contributed by atoms with Crippen LogP contribution in [0.5, 0.6) is 5.75 Å². The van der Waals surface area contributed by atoms with Gasteiger partial charge in [-0.05, 0) is 42.1 Å². The molecule has 0 spiro atoms. The molecule has 0 bridgehead atoms. The van der Waals surface area contributed by atoms with E-state index in [0.29, 0.717) is 17.2 Å². The highest BCUT2D eigenvalue weighted by Crippen LogP contribution is 2.25. The highest BCUT2D eigenvalue weighted by atomic mass is 32.1. The van der Waals surface area contributed by atoms with Gasteiger partial charge >= 0.3 is 0 Å². The molecule has 0 radical (unpaired) electrons. The van der Waals surface area contributed by atoms with E-state index < -0.39 is 0 Å². The number of anilines is 1. The first-order chi connectivity index (χ1) is 10.2. The quantitative estimate of drug-likeness (QED) is 0.856. The summed E-state index contributed by atoms with van der Waals surface area (Å²) >= 11 is 1.35. The second-order valence-corrected chi connectivity index (χ2v) is 5.22. The fraction of sp³-hybridized carbons (Fsp3) is 0.188. The van der Waals surface area contributed by atoms with Crippen LogP contribution in [-0.2, 0) is 0 Å². The van der Waals surface area contributed by atoms with Crippen LogP contribution in [0, 0.1) is 18.8 Å². The number of thiophene rings is 1. The van der Waals surface area contributed by atoms with Crippen molar-refractivity contribution in [3.05, 3.63) is 45.6 Å². The average Bonchev–Trinajstić information content (AvgIpc) is 2.95. The third kappa shape index (κ3) is 3.63. The van der Waals surface area contributed by atoms with Crippen LogP contribution in [0.2, 0.25) is 0 Å². The first-order valence-corrected chi connectivity index (χ1v) is 7.26. The number of nitrogens with two attached hydrogens (primary N) is 1. The maximum atomic E-state index is 12.2. The number of nitrogens with one attached hydrogen (secondary N) is 1. The zero-order valence-electron chi connectivity index (χ0n) is 11.9. The maximum Gasteiger partial charge on any atom is 0.269 e. The molecular weight excluding hydrogens is 284 g/mol. The molecule has 0 aliphatic heterocycles. The van der Waals surface area contributed by atoms with Crippen LogP contribution in [0.3, 0.4) is 0 Å². The predicted octanol–water partition coefficient (Wildman–Crippen LogP) is 2.63. The smallest absolute Gasteiger partial charge is 0.269 e. The number of amides is 1. The maximum absolute atomic E-state index is 12.2. The highest BCUT2D eigenvalue weighted by Gasteiger charge is 2.14. The molecule has 4 nitrogen and oxygen atoms in total. The third-order valence-electron chi connectivity index (χ3n) is 2.86. The Bertz CT molecular complexity index is 711. The van der Waals surface area contributed by atoms with Crippen LogP contribution in [0.15, 0.2) is 29.6 Å². The SMILES string of the molecule is COc1ccsc1C(=O)Nc1ccc(C#CCN)c(C)c1. The summed E-state index contributed by atoms with van der Waals surface area (Å²) < 4.78 is 5.15.